The van der Waals surface area contributed by atoms with Crippen molar-refractivity contribution in [3.8, 4) is 0 Å². The molecule has 4 nitrogen and oxygen atoms in total. The highest BCUT2D eigenvalue weighted by molar-refractivity contribution is 5.80. The summed E-state index contributed by atoms with van der Waals surface area (Å²) in [7, 11) is 1.50. The van der Waals surface area contributed by atoms with E-state index in [2.05, 4.69) is 0 Å². The van der Waals surface area contributed by atoms with Crippen LogP contribution in [0, 0.1) is 0 Å². The summed E-state index contributed by atoms with van der Waals surface area (Å²) in [5.74, 6) is -1.12. The summed E-state index contributed by atoms with van der Waals surface area (Å²) < 4.78 is 12.5. The molecule has 1 N–H and O–H groups in total. The van der Waals surface area contributed by atoms with Gasteiger partial charge in [-0.15, -0.1) is 0 Å². The van der Waals surface area contributed by atoms with Gasteiger partial charge in [-0.25, -0.2) is 4.39 Å². The van der Waals surface area contributed by atoms with Crippen LogP contribution in [-0.2, 0) is 9.59 Å². The van der Waals surface area contributed by atoms with E-state index in [4.69, 9.17) is 5.11 Å². The fourth-order valence-electron chi connectivity index (χ4n) is 1.71. The second-order valence-corrected chi connectivity index (χ2v) is 4.73. The van der Waals surface area contributed by atoms with Crippen LogP contribution < -0.4 is 0 Å². The van der Waals surface area contributed by atoms with E-state index < -0.39 is 12.1 Å². The summed E-state index contributed by atoms with van der Waals surface area (Å²) in [5, 5.41) is 8.52. The van der Waals surface area contributed by atoms with Crippen molar-refractivity contribution in [3.05, 3.63) is 0 Å². The molecule has 0 heterocycles. The molecule has 1 amide bonds. The standard InChI is InChI=1S/C13H24FNO3/c1-11(14)8-6-4-3-5-7-9-12(16)15(2)10-13(17)18/h11H,3-10H2,1-2H3,(H,17,18). The number of nitrogens with zero attached hydrogens (tertiary/aromatic N) is 1. The minimum atomic E-state index is -0.994. The van der Waals surface area contributed by atoms with Gasteiger partial charge in [0.2, 0.25) is 5.91 Å². The molecule has 1 unspecified atom stereocenters. The van der Waals surface area contributed by atoms with Crippen molar-refractivity contribution in [1.29, 1.82) is 0 Å². The number of amides is 1. The van der Waals surface area contributed by atoms with E-state index in [0.29, 0.717) is 12.8 Å². The van der Waals surface area contributed by atoms with Crippen molar-refractivity contribution < 1.29 is 19.1 Å². The largest absolute Gasteiger partial charge is 0.480 e. The van der Waals surface area contributed by atoms with Crippen LogP contribution in [0.2, 0.25) is 0 Å². The number of hydrogen-bond acceptors (Lipinski definition) is 2. The van der Waals surface area contributed by atoms with Gasteiger partial charge in [-0.2, -0.15) is 0 Å². The number of likely N-dealkylation sites (N-methyl/N-ethyl adjacent to an activating group) is 1. The van der Waals surface area contributed by atoms with E-state index in [1.54, 1.807) is 6.92 Å². The van der Waals surface area contributed by atoms with E-state index in [1.165, 1.54) is 11.9 Å². The minimum absolute atomic E-state index is 0.130. The van der Waals surface area contributed by atoms with Crippen molar-refractivity contribution in [3.63, 3.8) is 0 Å². The molecule has 0 bridgehead atoms. The molecular weight excluding hydrogens is 237 g/mol. The van der Waals surface area contributed by atoms with E-state index in [0.717, 1.165) is 32.1 Å². The number of aliphatic carboxylic acids is 1. The number of halogens is 1. The first-order valence-electron chi connectivity index (χ1n) is 6.53. The van der Waals surface area contributed by atoms with Crippen LogP contribution >= 0.6 is 0 Å². The molecule has 0 aromatic rings. The van der Waals surface area contributed by atoms with Crippen LogP contribution in [0.3, 0.4) is 0 Å². The number of carbonyl (C=O) groups is 2. The zero-order valence-corrected chi connectivity index (χ0v) is 11.3. The number of unbranched alkanes of at least 4 members (excludes halogenated alkanes) is 4. The lowest BCUT2D eigenvalue weighted by Gasteiger charge is -2.14. The van der Waals surface area contributed by atoms with Gasteiger partial charge < -0.3 is 10.0 Å². The van der Waals surface area contributed by atoms with Gasteiger partial charge in [0.1, 0.15) is 6.54 Å². The highest BCUT2D eigenvalue weighted by Gasteiger charge is 2.11. The average molecular weight is 261 g/mol. The molecule has 0 radical (unpaired) electrons. The second kappa shape index (κ2) is 9.85. The summed E-state index contributed by atoms with van der Waals surface area (Å²) in [4.78, 5) is 23.1. The van der Waals surface area contributed by atoms with E-state index in [1.807, 2.05) is 0 Å². The number of hydrogen-bond donors (Lipinski definition) is 1. The normalized spacial score (nSPS) is 12.2. The molecule has 0 aliphatic heterocycles. The lowest BCUT2D eigenvalue weighted by atomic mass is 10.1. The summed E-state index contributed by atoms with van der Waals surface area (Å²) in [6.45, 7) is 1.32. The lowest BCUT2D eigenvalue weighted by Crippen LogP contribution is -2.31. The molecule has 106 valence electrons. The second-order valence-electron chi connectivity index (χ2n) is 4.73. The Bertz CT molecular complexity index is 257. The minimum Gasteiger partial charge on any atom is -0.480 e. The monoisotopic (exact) mass is 261 g/mol. The molecule has 5 heteroatoms. The zero-order chi connectivity index (χ0) is 14.0. The SMILES string of the molecule is CC(F)CCCCCCCC(=O)N(C)CC(=O)O. The fourth-order valence-corrected chi connectivity index (χ4v) is 1.71. The predicted octanol–water partition coefficient (Wildman–Crippen LogP) is 2.62. The van der Waals surface area contributed by atoms with Crippen LogP contribution in [-0.4, -0.2) is 41.6 Å². The quantitative estimate of drug-likeness (QED) is 0.615. The van der Waals surface area contributed by atoms with Gasteiger partial charge in [-0.05, 0) is 19.8 Å². The van der Waals surface area contributed by atoms with Crippen molar-refractivity contribution in [2.24, 2.45) is 0 Å². The maximum atomic E-state index is 12.5. The van der Waals surface area contributed by atoms with Crippen molar-refractivity contribution in [1.82, 2.24) is 4.90 Å². The number of rotatable bonds is 10. The molecule has 0 rings (SSSR count). The first-order valence-corrected chi connectivity index (χ1v) is 6.53. The van der Waals surface area contributed by atoms with Crippen LogP contribution in [0.15, 0.2) is 0 Å². The summed E-state index contributed by atoms with van der Waals surface area (Å²) in [6, 6.07) is 0. The molecule has 1 atom stereocenters. The van der Waals surface area contributed by atoms with Crippen LogP contribution in [0.1, 0.15) is 51.9 Å². The Kier molecular flexibility index (Phi) is 9.24. The molecule has 0 fully saturated rings. The molecule has 0 aliphatic rings. The number of alkyl halides is 1. The Labute approximate surface area is 108 Å². The van der Waals surface area contributed by atoms with Gasteiger partial charge in [-0.1, -0.05) is 25.7 Å². The molecule has 0 spiro atoms. The van der Waals surface area contributed by atoms with E-state index in [9.17, 15) is 14.0 Å². The van der Waals surface area contributed by atoms with Crippen molar-refractivity contribution in [2.45, 2.75) is 58.0 Å². The number of carbonyl (C=O) groups excluding carboxylic acids is 1. The lowest BCUT2D eigenvalue weighted by molar-refractivity contribution is -0.143. The van der Waals surface area contributed by atoms with Crippen molar-refractivity contribution in [2.75, 3.05) is 13.6 Å². The van der Waals surface area contributed by atoms with Crippen LogP contribution in [0.4, 0.5) is 4.39 Å². The third-order valence-electron chi connectivity index (χ3n) is 2.79. The average Bonchev–Trinajstić information content (AvgIpc) is 2.26. The molecule has 18 heavy (non-hydrogen) atoms. The van der Waals surface area contributed by atoms with Gasteiger partial charge in [0, 0.05) is 13.5 Å². The predicted molar refractivity (Wildman–Crippen MR) is 68.2 cm³/mol. The Balaban J connectivity index is 3.43. The third kappa shape index (κ3) is 10.1. The van der Waals surface area contributed by atoms with Gasteiger partial charge in [0.25, 0.3) is 0 Å². The molecule has 0 saturated carbocycles. The van der Waals surface area contributed by atoms with Gasteiger partial charge in [0.05, 0.1) is 6.17 Å². The van der Waals surface area contributed by atoms with Crippen LogP contribution in [0.5, 0.6) is 0 Å². The Morgan fingerprint density at radius 1 is 1.17 bits per heavy atom. The molecular formula is C13H24FNO3. The summed E-state index contributed by atoms with van der Waals surface area (Å²) in [5.41, 5.74) is 0. The summed E-state index contributed by atoms with van der Waals surface area (Å²) >= 11 is 0. The summed E-state index contributed by atoms with van der Waals surface area (Å²) in [6.07, 6.45) is 4.88. The topological polar surface area (TPSA) is 57.6 Å². The highest BCUT2D eigenvalue weighted by atomic mass is 19.1. The maximum Gasteiger partial charge on any atom is 0.323 e. The fraction of sp³-hybridized carbons (Fsp3) is 0.846. The Morgan fingerprint density at radius 2 is 1.72 bits per heavy atom. The Morgan fingerprint density at radius 3 is 2.28 bits per heavy atom. The number of carboxylic acid groups (broad SMARTS) is 1. The molecule has 0 aromatic carbocycles. The Hall–Kier alpha value is -1.13. The first-order chi connectivity index (χ1) is 8.43. The third-order valence-corrected chi connectivity index (χ3v) is 2.79. The zero-order valence-electron chi connectivity index (χ0n) is 11.3. The number of carboxylic acids is 1. The molecule has 0 aliphatic carbocycles. The molecule has 0 aromatic heterocycles. The molecule has 0 saturated heterocycles. The van der Waals surface area contributed by atoms with Crippen molar-refractivity contribution >= 4 is 11.9 Å². The highest BCUT2D eigenvalue weighted by Crippen LogP contribution is 2.10. The van der Waals surface area contributed by atoms with E-state index in [-0.39, 0.29) is 12.5 Å². The maximum absolute atomic E-state index is 12.5. The van der Waals surface area contributed by atoms with E-state index >= 15 is 0 Å². The smallest absolute Gasteiger partial charge is 0.323 e. The first kappa shape index (κ1) is 16.9. The van der Waals surface area contributed by atoms with Gasteiger partial charge in [-0.3, -0.25) is 9.59 Å². The van der Waals surface area contributed by atoms with Gasteiger partial charge >= 0.3 is 5.97 Å². The van der Waals surface area contributed by atoms with Gasteiger partial charge in [0.15, 0.2) is 0 Å². The van der Waals surface area contributed by atoms with Crippen LogP contribution in [0.25, 0.3) is 0 Å².